The van der Waals surface area contributed by atoms with Crippen molar-refractivity contribution in [3.63, 3.8) is 0 Å². The molecule has 2 aromatic heterocycles. The van der Waals surface area contributed by atoms with E-state index in [1.54, 1.807) is 0 Å². The van der Waals surface area contributed by atoms with Crippen molar-refractivity contribution in [1.29, 1.82) is 0 Å². The Morgan fingerprint density at radius 1 is 0.291 bits per heavy atom. The van der Waals surface area contributed by atoms with Crippen LogP contribution in [0.25, 0.3) is 111 Å². The third-order valence-electron chi connectivity index (χ3n) is 10.6. The van der Waals surface area contributed by atoms with Crippen molar-refractivity contribution < 1.29 is 4.42 Å². The molecule has 256 valence electrons. The summed E-state index contributed by atoms with van der Waals surface area (Å²) >= 11 is 0. The van der Waals surface area contributed by atoms with Crippen molar-refractivity contribution in [3.05, 3.63) is 188 Å². The van der Waals surface area contributed by atoms with Gasteiger partial charge >= 0.3 is 0 Å². The van der Waals surface area contributed by atoms with E-state index < -0.39 is 0 Å². The van der Waals surface area contributed by atoms with E-state index >= 15 is 0 Å². The van der Waals surface area contributed by atoms with Gasteiger partial charge in [-0.3, -0.25) is 0 Å². The molecule has 0 unspecified atom stereocenters. The third kappa shape index (κ3) is 5.51. The van der Waals surface area contributed by atoms with E-state index in [0.717, 1.165) is 76.7 Å². The van der Waals surface area contributed by atoms with Crippen LogP contribution in [0.2, 0.25) is 0 Å². The van der Waals surface area contributed by atoms with E-state index in [9.17, 15) is 0 Å². The molecule has 0 saturated heterocycles. The summed E-state index contributed by atoms with van der Waals surface area (Å²) in [4.78, 5) is 15.6. The summed E-state index contributed by atoms with van der Waals surface area (Å²) in [5.74, 6) is 1.84. The fourth-order valence-electron chi connectivity index (χ4n) is 7.81. The van der Waals surface area contributed by atoms with Crippen molar-refractivity contribution >= 4 is 54.3 Å². The minimum atomic E-state index is 0.599. The molecule has 11 aromatic rings. The summed E-state index contributed by atoms with van der Waals surface area (Å²) in [5, 5.41) is 8.97. The molecule has 9 aromatic carbocycles. The van der Waals surface area contributed by atoms with Crippen LogP contribution >= 0.6 is 0 Å². The predicted molar refractivity (Wildman–Crippen MR) is 227 cm³/mol. The first-order valence-corrected chi connectivity index (χ1v) is 18.5. The smallest absolute Gasteiger partial charge is 0.164 e. The van der Waals surface area contributed by atoms with Crippen molar-refractivity contribution in [1.82, 2.24) is 15.0 Å². The van der Waals surface area contributed by atoms with Crippen molar-refractivity contribution in [2.75, 3.05) is 0 Å². The molecular weight excluding hydrogens is 671 g/mol. The van der Waals surface area contributed by atoms with E-state index in [1.165, 1.54) is 16.5 Å². The Hall–Kier alpha value is -7.43. The summed E-state index contributed by atoms with van der Waals surface area (Å²) < 4.78 is 6.69. The lowest BCUT2D eigenvalue weighted by Crippen LogP contribution is -2.00. The number of hydrogen-bond donors (Lipinski definition) is 0. The van der Waals surface area contributed by atoms with Gasteiger partial charge in [0.05, 0.1) is 0 Å². The summed E-state index contributed by atoms with van der Waals surface area (Å²) in [5.41, 5.74) is 8.87. The number of benzene rings is 9. The van der Waals surface area contributed by atoms with Crippen LogP contribution in [-0.4, -0.2) is 15.0 Å². The number of nitrogens with zero attached hydrogens (tertiary/aromatic N) is 3. The highest BCUT2D eigenvalue weighted by Crippen LogP contribution is 2.41. The molecular formula is C51H31N3O. The van der Waals surface area contributed by atoms with Crippen LogP contribution in [0.15, 0.2) is 192 Å². The highest BCUT2D eigenvalue weighted by molar-refractivity contribution is 6.14. The first-order chi connectivity index (χ1) is 27.2. The second-order valence-electron chi connectivity index (χ2n) is 14.1. The van der Waals surface area contributed by atoms with Gasteiger partial charge < -0.3 is 4.42 Å². The maximum absolute atomic E-state index is 6.69. The first-order valence-electron chi connectivity index (χ1n) is 18.5. The van der Waals surface area contributed by atoms with Gasteiger partial charge in [0, 0.05) is 33.0 Å². The van der Waals surface area contributed by atoms with Gasteiger partial charge in [0.15, 0.2) is 17.5 Å². The van der Waals surface area contributed by atoms with Crippen molar-refractivity contribution in [2.24, 2.45) is 0 Å². The molecule has 4 heteroatoms. The topological polar surface area (TPSA) is 51.8 Å². The van der Waals surface area contributed by atoms with Crippen LogP contribution in [-0.2, 0) is 0 Å². The molecule has 0 fully saturated rings. The molecule has 11 rings (SSSR count). The fourth-order valence-corrected chi connectivity index (χ4v) is 7.81. The lowest BCUT2D eigenvalue weighted by molar-refractivity contribution is 0.670. The van der Waals surface area contributed by atoms with E-state index in [-0.39, 0.29) is 0 Å². The molecule has 0 saturated carbocycles. The number of hydrogen-bond acceptors (Lipinski definition) is 4. The minimum Gasteiger partial charge on any atom is -0.455 e. The van der Waals surface area contributed by atoms with Crippen LogP contribution in [0.3, 0.4) is 0 Å². The van der Waals surface area contributed by atoms with Gasteiger partial charge in [0.1, 0.15) is 11.2 Å². The second kappa shape index (κ2) is 12.6. The standard InChI is InChI=1S/C51H31N3O/c1-3-11-32(12-4-1)38-20-21-40-27-42(24-22-39(40)25-38)50-52-49(41-23-19-33-13-7-8-16-35(33)26-41)53-51(54-50)43-29-44(34-14-5-2-6-15-34)48-46(30-43)45-28-36-17-9-10-18-37(36)31-47(45)55-48/h1-31H. The van der Waals surface area contributed by atoms with Crippen molar-refractivity contribution in [3.8, 4) is 56.4 Å². The van der Waals surface area contributed by atoms with Crippen LogP contribution in [0.1, 0.15) is 0 Å². The number of furan rings is 1. The molecule has 55 heavy (non-hydrogen) atoms. The molecule has 0 amide bonds. The number of rotatable bonds is 5. The maximum Gasteiger partial charge on any atom is 0.164 e. The van der Waals surface area contributed by atoms with E-state index in [0.29, 0.717) is 17.5 Å². The molecule has 0 atom stereocenters. The largest absolute Gasteiger partial charge is 0.455 e. The average molecular weight is 702 g/mol. The Balaban J connectivity index is 1.14. The Morgan fingerprint density at radius 3 is 1.42 bits per heavy atom. The van der Waals surface area contributed by atoms with Gasteiger partial charge in [-0.05, 0) is 91.5 Å². The summed E-state index contributed by atoms with van der Waals surface area (Å²) in [6.45, 7) is 0. The first kappa shape index (κ1) is 31.1. The minimum absolute atomic E-state index is 0.599. The quantitative estimate of drug-likeness (QED) is 0.179. The number of aromatic nitrogens is 3. The monoisotopic (exact) mass is 701 g/mol. The van der Waals surface area contributed by atoms with Crippen LogP contribution < -0.4 is 0 Å². The Kier molecular flexibility index (Phi) is 7.14. The molecule has 0 bridgehead atoms. The molecule has 0 aliphatic heterocycles. The molecule has 0 aliphatic carbocycles. The van der Waals surface area contributed by atoms with Gasteiger partial charge in [0.25, 0.3) is 0 Å². The average Bonchev–Trinajstić information content (AvgIpc) is 3.62. The maximum atomic E-state index is 6.69. The fraction of sp³-hybridized carbons (Fsp3) is 0. The van der Waals surface area contributed by atoms with Gasteiger partial charge in [-0.1, -0.05) is 146 Å². The SMILES string of the molecule is c1ccc(-c2ccc3cc(-c4nc(-c5ccc6ccccc6c5)nc(-c5cc(-c6ccccc6)c6oc7cc8ccccc8cc7c6c5)n4)ccc3c2)cc1. The zero-order valence-electron chi connectivity index (χ0n) is 29.6. The van der Waals surface area contributed by atoms with Crippen molar-refractivity contribution in [2.45, 2.75) is 0 Å². The normalized spacial score (nSPS) is 11.6. The third-order valence-corrected chi connectivity index (χ3v) is 10.6. The molecule has 0 aliphatic rings. The van der Waals surface area contributed by atoms with Gasteiger partial charge in [-0.15, -0.1) is 0 Å². The number of fused-ring (bicyclic) bond motifs is 6. The highest BCUT2D eigenvalue weighted by atomic mass is 16.3. The lowest BCUT2D eigenvalue weighted by Gasteiger charge is -2.12. The second-order valence-corrected chi connectivity index (χ2v) is 14.1. The van der Waals surface area contributed by atoms with Gasteiger partial charge in [-0.2, -0.15) is 0 Å². The summed E-state index contributed by atoms with van der Waals surface area (Å²) in [6, 6.07) is 65.9. The van der Waals surface area contributed by atoms with Crippen LogP contribution in [0.4, 0.5) is 0 Å². The van der Waals surface area contributed by atoms with E-state index in [1.807, 2.05) is 12.1 Å². The summed E-state index contributed by atoms with van der Waals surface area (Å²) in [6.07, 6.45) is 0. The zero-order valence-corrected chi connectivity index (χ0v) is 29.6. The molecule has 4 nitrogen and oxygen atoms in total. The van der Waals surface area contributed by atoms with E-state index in [2.05, 4.69) is 176 Å². The summed E-state index contributed by atoms with van der Waals surface area (Å²) in [7, 11) is 0. The molecule has 0 spiro atoms. The van der Waals surface area contributed by atoms with Gasteiger partial charge in [-0.25, -0.2) is 15.0 Å². The Labute approximate surface area is 317 Å². The zero-order chi connectivity index (χ0) is 36.3. The molecule has 0 N–H and O–H groups in total. The Morgan fingerprint density at radius 2 is 0.764 bits per heavy atom. The molecule has 2 heterocycles. The molecule has 0 radical (unpaired) electrons. The van der Waals surface area contributed by atoms with Gasteiger partial charge in [0.2, 0.25) is 0 Å². The van der Waals surface area contributed by atoms with E-state index in [4.69, 9.17) is 19.4 Å². The van der Waals surface area contributed by atoms with Crippen LogP contribution in [0, 0.1) is 0 Å². The highest BCUT2D eigenvalue weighted by Gasteiger charge is 2.19. The lowest BCUT2D eigenvalue weighted by atomic mass is 9.98. The Bertz CT molecular complexity index is 3260. The predicted octanol–water partition coefficient (Wildman–Crippen LogP) is 13.6. The van der Waals surface area contributed by atoms with Crippen LogP contribution in [0.5, 0.6) is 0 Å².